The molecule has 0 aliphatic heterocycles. The maximum atomic E-state index is 5.71. The van der Waals surface area contributed by atoms with Crippen LogP contribution in [0.5, 0.6) is 5.75 Å². The zero-order chi connectivity index (χ0) is 14.3. The standard InChI is InChI=1S/C16H27NO2/c1-6-11-17-15(16(19-5)12(2)3)13-9-7-8-10-14(13)18-4/h7-10,12,15-17H,6,11H2,1-5H3. The number of hydrogen-bond acceptors (Lipinski definition) is 3. The number of rotatable bonds is 8. The SMILES string of the molecule is CCCNC(c1ccccc1OC)C(OC)C(C)C. The maximum Gasteiger partial charge on any atom is 0.123 e. The first-order chi connectivity index (χ1) is 9.15. The average Bonchev–Trinajstić information content (AvgIpc) is 2.43. The Labute approximate surface area is 117 Å². The van der Waals surface area contributed by atoms with E-state index in [0.717, 1.165) is 18.7 Å². The van der Waals surface area contributed by atoms with E-state index in [9.17, 15) is 0 Å². The molecule has 0 bridgehead atoms. The van der Waals surface area contributed by atoms with Crippen LogP contribution in [0.1, 0.15) is 38.8 Å². The van der Waals surface area contributed by atoms with E-state index < -0.39 is 0 Å². The minimum Gasteiger partial charge on any atom is -0.496 e. The van der Waals surface area contributed by atoms with E-state index in [1.807, 2.05) is 18.2 Å². The number of ether oxygens (including phenoxy) is 2. The van der Waals surface area contributed by atoms with E-state index in [0.29, 0.717) is 5.92 Å². The van der Waals surface area contributed by atoms with Crippen molar-refractivity contribution in [1.82, 2.24) is 5.32 Å². The summed E-state index contributed by atoms with van der Waals surface area (Å²) in [5.74, 6) is 1.35. The molecule has 1 N–H and O–H groups in total. The highest BCUT2D eigenvalue weighted by Gasteiger charge is 2.27. The van der Waals surface area contributed by atoms with E-state index in [1.54, 1.807) is 14.2 Å². The van der Waals surface area contributed by atoms with Crippen LogP contribution in [0.3, 0.4) is 0 Å². The van der Waals surface area contributed by atoms with Gasteiger partial charge in [0.25, 0.3) is 0 Å². The molecule has 0 saturated heterocycles. The fourth-order valence-electron chi connectivity index (χ4n) is 2.42. The third-order valence-corrected chi connectivity index (χ3v) is 3.35. The molecule has 0 amide bonds. The molecule has 108 valence electrons. The van der Waals surface area contributed by atoms with Gasteiger partial charge in [0, 0.05) is 12.7 Å². The lowest BCUT2D eigenvalue weighted by Gasteiger charge is -2.31. The highest BCUT2D eigenvalue weighted by molar-refractivity contribution is 5.36. The first kappa shape index (κ1) is 16.0. The van der Waals surface area contributed by atoms with Crippen molar-refractivity contribution in [1.29, 1.82) is 0 Å². The molecule has 0 aliphatic carbocycles. The van der Waals surface area contributed by atoms with Gasteiger partial charge in [-0.3, -0.25) is 0 Å². The quantitative estimate of drug-likeness (QED) is 0.781. The molecule has 0 aliphatic rings. The monoisotopic (exact) mass is 265 g/mol. The van der Waals surface area contributed by atoms with Crippen LogP contribution >= 0.6 is 0 Å². The molecule has 19 heavy (non-hydrogen) atoms. The zero-order valence-electron chi connectivity index (χ0n) is 12.8. The molecule has 0 spiro atoms. The molecule has 2 atom stereocenters. The van der Waals surface area contributed by atoms with Crippen molar-refractivity contribution in [3.05, 3.63) is 29.8 Å². The van der Waals surface area contributed by atoms with Gasteiger partial charge in [-0.15, -0.1) is 0 Å². The molecule has 1 rings (SSSR count). The Kier molecular flexibility index (Phi) is 6.89. The van der Waals surface area contributed by atoms with Gasteiger partial charge < -0.3 is 14.8 Å². The third kappa shape index (κ3) is 4.22. The summed E-state index contributed by atoms with van der Waals surface area (Å²) in [5, 5.41) is 3.59. The Balaban J connectivity index is 3.07. The summed E-state index contributed by atoms with van der Waals surface area (Å²) in [4.78, 5) is 0. The summed E-state index contributed by atoms with van der Waals surface area (Å²) in [6.07, 6.45) is 1.23. The first-order valence-electron chi connectivity index (χ1n) is 7.04. The summed E-state index contributed by atoms with van der Waals surface area (Å²) >= 11 is 0. The van der Waals surface area contributed by atoms with Gasteiger partial charge >= 0.3 is 0 Å². The molecule has 0 aromatic heterocycles. The van der Waals surface area contributed by atoms with Crippen molar-refractivity contribution in [2.24, 2.45) is 5.92 Å². The molecule has 0 radical (unpaired) electrons. The molecule has 0 saturated carbocycles. The van der Waals surface area contributed by atoms with Gasteiger partial charge in [0.15, 0.2) is 0 Å². The van der Waals surface area contributed by atoms with Crippen molar-refractivity contribution >= 4 is 0 Å². The zero-order valence-corrected chi connectivity index (χ0v) is 12.8. The smallest absolute Gasteiger partial charge is 0.123 e. The second kappa shape index (κ2) is 8.18. The number of benzene rings is 1. The summed E-state index contributed by atoms with van der Waals surface area (Å²) in [7, 11) is 3.49. The fourth-order valence-corrected chi connectivity index (χ4v) is 2.42. The Morgan fingerprint density at radius 1 is 1.16 bits per heavy atom. The molecular weight excluding hydrogens is 238 g/mol. The average molecular weight is 265 g/mol. The van der Waals surface area contributed by atoms with Crippen LogP contribution in [0.4, 0.5) is 0 Å². The second-order valence-corrected chi connectivity index (χ2v) is 5.12. The minimum absolute atomic E-state index is 0.128. The Morgan fingerprint density at radius 3 is 2.37 bits per heavy atom. The number of para-hydroxylation sites is 1. The van der Waals surface area contributed by atoms with Gasteiger partial charge in [0.05, 0.1) is 19.3 Å². The molecular formula is C16H27NO2. The Hall–Kier alpha value is -1.06. The van der Waals surface area contributed by atoms with Crippen LogP contribution < -0.4 is 10.1 Å². The van der Waals surface area contributed by atoms with E-state index in [4.69, 9.17) is 9.47 Å². The van der Waals surface area contributed by atoms with E-state index in [2.05, 4.69) is 32.2 Å². The fraction of sp³-hybridized carbons (Fsp3) is 0.625. The largest absolute Gasteiger partial charge is 0.496 e. The van der Waals surface area contributed by atoms with Crippen LogP contribution in [-0.4, -0.2) is 26.9 Å². The van der Waals surface area contributed by atoms with Gasteiger partial charge in [0.2, 0.25) is 0 Å². The van der Waals surface area contributed by atoms with Gasteiger partial charge in [-0.25, -0.2) is 0 Å². The predicted octanol–water partition coefficient (Wildman–Crippen LogP) is 3.41. The van der Waals surface area contributed by atoms with E-state index in [-0.39, 0.29) is 12.1 Å². The molecule has 3 nitrogen and oxygen atoms in total. The molecule has 0 heterocycles. The normalized spacial score (nSPS) is 14.4. The lowest BCUT2D eigenvalue weighted by Crippen LogP contribution is -2.37. The molecule has 1 aromatic rings. The first-order valence-corrected chi connectivity index (χ1v) is 7.04. The summed E-state index contributed by atoms with van der Waals surface area (Å²) in [5.41, 5.74) is 1.17. The van der Waals surface area contributed by atoms with Gasteiger partial charge in [-0.1, -0.05) is 39.0 Å². The van der Waals surface area contributed by atoms with Crippen LogP contribution in [0, 0.1) is 5.92 Å². The van der Waals surface area contributed by atoms with Gasteiger partial charge in [-0.2, -0.15) is 0 Å². The maximum absolute atomic E-state index is 5.71. The Morgan fingerprint density at radius 2 is 1.84 bits per heavy atom. The lowest BCUT2D eigenvalue weighted by molar-refractivity contribution is 0.0320. The second-order valence-electron chi connectivity index (χ2n) is 5.12. The lowest BCUT2D eigenvalue weighted by atomic mass is 9.92. The molecule has 1 aromatic carbocycles. The summed E-state index contributed by atoms with van der Waals surface area (Å²) < 4.78 is 11.2. The highest BCUT2D eigenvalue weighted by Crippen LogP contribution is 2.31. The number of methoxy groups -OCH3 is 2. The summed E-state index contributed by atoms with van der Waals surface area (Å²) in [6.45, 7) is 7.51. The summed E-state index contributed by atoms with van der Waals surface area (Å²) in [6, 6.07) is 8.31. The Bertz CT molecular complexity index is 366. The van der Waals surface area contributed by atoms with E-state index >= 15 is 0 Å². The highest BCUT2D eigenvalue weighted by atomic mass is 16.5. The van der Waals surface area contributed by atoms with E-state index in [1.165, 1.54) is 5.56 Å². The van der Waals surface area contributed by atoms with Crippen LogP contribution in [0.25, 0.3) is 0 Å². The van der Waals surface area contributed by atoms with Crippen LogP contribution in [-0.2, 0) is 4.74 Å². The van der Waals surface area contributed by atoms with Crippen molar-refractivity contribution in [3.63, 3.8) is 0 Å². The van der Waals surface area contributed by atoms with Gasteiger partial charge in [-0.05, 0) is 24.9 Å². The topological polar surface area (TPSA) is 30.5 Å². The molecule has 3 heteroatoms. The minimum atomic E-state index is 0.128. The van der Waals surface area contributed by atoms with Crippen molar-refractivity contribution in [2.75, 3.05) is 20.8 Å². The van der Waals surface area contributed by atoms with Crippen molar-refractivity contribution < 1.29 is 9.47 Å². The molecule has 2 unspecified atom stereocenters. The van der Waals surface area contributed by atoms with Crippen LogP contribution in [0.15, 0.2) is 24.3 Å². The predicted molar refractivity (Wildman–Crippen MR) is 79.7 cm³/mol. The van der Waals surface area contributed by atoms with Gasteiger partial charge in [0.1, 0.15) is 5.75 Å². The van der Waals surface area contributed by atoms with Crippen LogP contribution in [0.2, 0.25) is 0 Å². The number of hydrogen-bond donors (Lipinski definition) is 1. The molecule has 0 fully saturated rings. The van der Waals surface area contributed by atoms with Crippen molar-refractivity contribution in [3.8, 4) is 5.75 Å². The van der Waals surface area contributed by atoms with Crippen molar-refractivity contribution in [2.45, 2.75) is 39.3 Å². The number of nitrogens with one attached hydrogen (secondary N) is 1. The third-order valence-electron chi connectivity index (χ3n) is 3.35.